The van der Waals surface area contributed by atoms with Crippen LogP contribution in [0.2, 0.25) is 0 Å². The van der Waals surface area contributed by atoms with E-state index in [-0.39, 0.29) is 0 Å². The molecule has 18 heavy (non-hydrogen) atoms. The Morgan fingerprint density at radius 2 is 1.94 bits per heavy atom. The molecule has 0 aromatic carbocycles. The zero-order chi connectivity index (χ0) is 13.2. The summed E-state index contributed by atoms with van der Waals surface area (Å²) in [5.41, 5.74) is 5.63. The van der Waals surface area contributed by atoms with Gasteiger partial charge in [0.25, 0.3) is 0 Å². The van der Waals surface area contributed by atoms with Gasteiger partial charge in [0.2, 0.25) is 5.89 Å². The molecular formula is C14H25N3O. The Kier molecular flexibility index (Phi) is 4.05. The molecule has 1 fully saturated rings. The van der Waals surface area contributed by atoms with Crippen LogP contribution in [0.5, 0.6) is 0 Å². The van der Waals surface area contributed by atoms with Gasteiger partial charge in [0.05, 0.1) is 5.54 Å². The van der Waals surface area contributed by atoms with Gasteiger partial charge < -0.3 is 10.3 Å². The molecule has 1 aromatic heterocycles. The molecule has 2 N–H and O–H groups in total. The molecule has 1 aromatic rings. The highest BCUT2D eigenvalue weighted by Crippen LogP contribution is 2.36. The minimum Gasteiger partial charge on any atom is -0.337 e. The molecule has 2 rings (SSSR count). The van der Waals surface area contributed by atoms with Gasteiger partial charge in [0.15, 0.2) is 5.82 Å². The summed E-state index contributed by atoms with van der Waals surface area (Å²) in [6, 6.07) is 0. The number of hydrogen-bond donors (Lipinski definition) is 1. The van der Waals surface area contributed by atoms with Crippen LogP contribution in [-0.4, -0.2) is 10.1 Å². The normalized spacial score (nSPS) is 28.0. The fourth-order valence-corrected chi connectivity index (χ4v) is 2.61. The van der Waals surface area contributed by atoms with Crippen molar-refractivity contribution in [1.82, 2.24) is 10.1 Å². The van der Waals surface area contributed by atoms with Gasteiger partial charge in [-0.05, 0) is 44.9 Å². The molecule has 102 valence electrons. The van der Waals surface area contributed by atoms with Crippen molar-refractivity contribution >= 4 is 0 Å². The maximum atomic E-state index is 6.13. The quantitative estimate of drug-likeness (QED) is 0.891. The second-order valence-corrected chi connectivity index (χ2v) is 5.85. The molecule has 0 bridgehead atoms. The molecule has 1 aliphatic rings. The molecule has 0 radical (unpaired) electrons. The van der Waals surface area contributed by atoms with Crippen LogP contribution in [0.1, 0.15) is 76.9 Å². The molecule has 0 aliphatic heterocycles. The van der Waals surface area contributed by atoms with Crippen molar-refractivity contribution in [3.63, 3.8) is 0 Å². The highest BCUT2D eigenvalue weighted by Gasteiger charge is 2.30. The van der Waals surface area contributed by atoms with Crippen LogP contribution in [0.4, 0.5) is 0 Å². The zero-order valence-corrected chi connectivity index (χ0v) is 11.8. The number of rotatable bonds is 4. The second kappa shape index (κ2) is 5.39. The van der Waals surface area contributed by atoms with Crippen LogP contribution in [0.25, 0.3) is 0 Å². The lowest BCUT2D eigenvalue weighted by atomic mass is 9.80. The molecule has 0 amide bonds. The van der Waals surface area contributed by atoms with Gasteiger partial charge in [-0.1, -0.05) is 25.4 Å². The first-order valence-corrected chi connectivity index (χ1v) is 7.19. The fourth-order valence-electron chi connectivity index (χ4n) is 2.61. The molecule has 0 spiro atoms. The van der Waals surface area contributed by atoms with Crippen molar-refractivity contribution in [3.05, 3.63) is 11.7 Å². The van der Waals surface area contributed by atoms with E-state index in [0.717, 1.165) is 18.2 Å². The monoisotopic (exact) mass is 251 g/mol. The first kappa shape index (κ1) is 13.5. The summed E-state index contributed by atoms with van der Waals surface area (Å²) in [5.74, 6) is 2.81. The van der Waals surface area contributed by atoms with Crippen molar-refractivity contribution in [2.24, 2.45) is 11.7 Å². The summed E-state index contributed by atoms with van der Waals surface area (Å²) < 4.78 is 5.34. The van der Waals surface area contributed by atoms with Crippen LogP contribution in [-0.2, 0) is 5.54 Å². The second-order valence-electron chi connectivity index (χ2n) is 5.85. The minimum atomic E-state index is -0.494. The number of nitrogens with two attached hydrogens (primary N) is 1. The first-order valence-electron chi connectivity index (χ1n) is 7.19. The standard InChI is InChI=1S/C14H25N3O/c1-4-10-6-8-11(9-7-10)12-16-13(18-17-12)14(3,15)5-2/h10-11H,4-9,15H2,1-3H3. The van der Waals surface area contributed by atoms with Crippen molar-refractivity contribution in [1.29, 1.82) is 0 Å². The summed E-state index contributed by atoms with van der Waals surface area (Å²) in [6.07, 6.45) is 7.05. The van der Waals surface area contributed by atoms with E-state index in [9.17, 15) is 0 Å². The Bertz CT molecular complexity index is 378. The van der Waals surface area contributed by atoms with Gasteiger partial charge in [-0.15, -0.1) is 0 Å². The largest absolute Gasteiger partial charge is 0.337 e. The Hall–Kier alpha value is -0.900. The van der Waals surface area contributed by atoms with E-state index in [1.54, 1.807) is 0 Å². The van der Waals surface area contributed by atoms with E-state index in [1.165, 1.54) is 32.1 Å². The third-order valence-electron chi connectivity index (χ3n) is 4.45. The number of aromatic nitrogens is 2. The molecule has 4 heteroatoms. The lowest BCUT2D eigenvalue weighted by Crippen LogP contribution is -2.32. The summed E-state index contributed by atoms with van der Waals surface area (Å²) in [6.45, 7) is 6.26. The Balaban J connectivity index is 2.03. The van der Waals surface area contributed by atoms with E-state index in [1.807, 2.05) is 13.8 Å². The Labute approximate surface area is 109 Å². The van der Waals surface area contributed by atoms with E-state index in [2.05, 4.69) is 17.1 Å². The summed E-state index contributed by atoms with van der Waals surface area (Å²) in [7, 11) is 0. The summed E-state index contributed by atoms with van der Waals surface area (Å²) in [5, 5.41) is 4.14. The smallest absolute Gasteiger partial charge is 0.246 e. The molecule has 1 heterocycles. The van der Waals surface area contributed by atoms with E-state index < -0.39 is 5.54 Å². The SMILES string of the molecule is CCC1CCC(c2noc(C(C)(N)CC)n2)CC1. The molecule has 1 unspecified atom stereocenters. The van der Waals surface area contributed by atoms with Crippen molar-refractivity contribution < 1.29 is 4.52 Å². The van der Waals surface area contributed by atoms with Crippen LogP contribution < -0.4 is 5.73 Å². The molecule has 1 atom stereocenters. The molecular weight excluding hydrogens is 226 g/mol. The van der Waals surface area contributed by atoms with E-state index in [0.29, 0.717) is 11.8 Å². The van der Waals surface area contributed by atoms with Gasteiger partial charge in [0, 0.05) is 5.92 Å². The lowest BCUT2D eigenvalue weighted by Gasteiger charge is -2.25. The van der Waals surface area contributed by atoms with Crippen molar-refractivity contribution in [3.8, 4) is 0 Å². The fraction of sp³-hybridized carbons (Fsp3) is 0.857. The van der Waals surface area contributed by atoms with Gasteiger partial charge in [-0.25, -0.2) is 0 Å². The highest BCUT2D eigenvalue weighted by molar-refractivity contribution is 5.03. The average molecular weight is 251 g/mol. The van der Waals surface area contributed by atoms with E-state index in [4.69, 9.17) is 10.3 Å². The maximum Gasteiger partial charge on any atom is 0.246 e. The predicted octanol–water partition coefficient (Wildman–Crippen LogP) is 3.34. The highest BCUT2D eigenvalue weighted by atomic mass is 16.5. The molecule has 0 saturated heterocycles. The minimum absolute atomic E-state index is 0.470. The maximum absolute atomic E-state index is 6.13. The lowest BCUT2D eigenvalue weighted by molar-refractivity contribution is 0.281. The van der Waals surface area contributed by atoms with Gasteiger partial charge in [-0.3, -0.25) is 0 Å². The van der Waals surface area contributed by atoms with E-state index >= 15 is 0 Å². The van der Waals surface area contributed by atoms with Gasteiger partial charge in [0.1, 0.15) is 0 Å². The zero-order valence-electron chi connectivity index (χ0n) is 11.8. The molecule has 1 saturated carbocycles. The number of nitrogens with zero attached hydrogens (tertiary/aromatic N) is 2. The molecule has 4 nitrogen and oxygen atoms in total. The van der Waals surface area contributed by atoms with Gasteiger partial charge >= 0.3 is 0 Å². The van der Waals surface area contributed by atoms with Crippen LogP contribution in [0, 0.1) is 5.92 Å². The third kappa shape index (κ3) is 2.74. The van der Waals surface area contributed by atoms with Crippen LogP contribution >= 0.6 is 0 Å². The topological polar surface area (TPSA) is 64.9 Å². The predicted molar refractivity (Wildman–Crippen MR) is 71.1 cm³/mol. The summed E-state index contributed by atoms with van der Waals surface area (Å²) >= 11 is 0. The first-order chi connectivity index (χ1) is 8.56. The van der Waals surface area contributed by atoms with Crippen molar-refractivity contribution in [2.45, 2.75) is 70.8 Å². The average Bonchev–Trinajstić information content (AvgIpc) is 2.89. The Morgan fingerprint density at radius 1 is 1.28 bits per heavy atom. The number of hydrogen-bond acceptors (Lipinski definition) is 4. The van der Waals surface area contributed by atoms with Crippen molar-refractivity contribution in [2.75, 3.05) is 0 Å². The van der Waals surface area contributed by atoms with Crippen LogP contribution in [0.15, 0.2) is 4.52 Å². The Morgan fingerprint density at radius 3 is 2.50 bits per heavy atom. The third-order valence-corrected chi connectivity index (χ3v) is 4.45. The van der Waals surface area contributed by atoms with Crippen LogP contribution in [0.3, 0.4) is 0 Å². The summed E-state index contributed by atoms with van der Waals surface area (Å²) in [4.78, 5) is 4.52. The molecule has 1 aliphatic carbocycles. The van der Waals surface area contributed by atoms with Gasteiger partial charge in [-0.2, -0.15) is 4.98 Å².